The average molecular weight is 319 g/mol. The van der Waals surface area contributed by atoms with Gasteiger partial charge < -0.3 is 5.11 Å². The molecule has 7 nitrogen and oxygen atoms in total. The van der Waals surface area contributed by atoms with Gasteiger partial charge >= 0.3 is 5.97 Å². The number of carboxylic acids is 1. The van der Waals surface area contributed by atoms with Crippen molar-refractivity contribution in [2.75, 3.05) is 39.3 Å². The lowest BCUT2D eigenvalue weighted by Crippen LogP contribution is -2.55. The molecule has 122 valence electrons. The molecule has 0 spiro atoms. The molecule has 2 saturated heterocycles. The van der Waals surface area contributed by atoms with Gasteiger partial charge in [0.25, 0.3) is 10.2 Å². The average Bonchev–Trinajstić information content (AvgIpc) is 2.76. The molecule has 0 radical (unpaired) electrons. The molecular weight excluding hydrogens is 294 g/mol. The van der Waals surface area contributed by atoms with Gasteiger partial charge in [-0.15, -0.1) is 0 Å². The number of nitrogens with zero attached hydrogens (tertiary/aromatic N) is 3. The zero-order valence-corrected chi connectivity index (χ0v) is 13.4. The van der Waals surface area contributed by atoms with Crippen LogP contribution in [0.5, 0.6) is 0 Å². The highest BCUT2D eigenvalue weighted by Gasteiger charge is 2.34. The monoisotopic (exact) mass is 319 g/mol. The Kier molecular flexibility index (Phi) is 5.59. The molecule has 0 aromatic rings. The fourth-order valence-electron chi connectivity index (χ4n) is 2.91. The predicted molar refractivity (Wildman–Crippen MR) is 79.2 cm³/mol. The molecule has 2 aliphatic rings. The molecule has 2 fully saturated rings. The normalized spacial score (nSPS) is 25.4. The number of carboxylic acid groups (broad SMARTS) is 1. The van der Waals surface area contributed by atoms with Crippen molar-refractivity contribution in [3.8, 4) is 0 Å². The van der Waals surface area contributed by atoms with Crippen molar-refractivity contribution in [1.29, 1.82) is 0 Å². The van der Waals surface area contributed by atoms with Gasteiger partial charge in [0.1, 0.15) is 6.04 Å². The molecule has 2 aliphatic heterocycles. The number of hydrogen-bond donors (Lipinski definition) is 1. The van der Waals surface area contributed by atoms with Crippen LogP contribution in [0.2, 0.25) is 0 Å². The van der Waals surface area contributed by atoms with E-state index < -0.39 is 22.2 Å². The molecule has 0 aromatic carbocycles. The van der Waals surface area contributed by atoms with Gasteiger partial charge in [-0.3, -0.25) is 9.69 Å². The second-order valence-electron chi connectivity index (χ2n) is 5.77. The van der Waals surface area contributed by atoms with E-state index >= 15 is 0 Å². The van der Waals surface area contributed by atoms with Crippen LogP contribution in [-0.2, 0) is 15.0 Å². The smallest absolute Gasteiger partial charge is 0.320 e. The largest absolute Gasteiger partial charge is 0.480 e. The van der Waals surface area contributed by atoms with Crippen molar-refractivity contribution < 1.29 is 18.3 Å². The van der Waals surface area contributed by atoms with Gasteiger partial charge in [0, 0.05) is 39.3 Å². The first kappa shape index (κ1) is 16.7. The maximum absolute atomic E-state index is 12.6. The van der Waals surface area contributed by atoms with Gasteiger partial charge in [0.15, 0.2) is 0 Å². The van der Waals surface area contributed by atoms with Crippen molar-refractivity contribution >= 4 is 16.2 Å². The third-order valence-corrected chi connectivity index (χ3v) is 6.43. The van der Waals surface area contributed by atoms with Gasteiger partial charge in [-0.05, 0) is 19.8 Å². The Morgan fingerprint density at radius 2 is 1.38 bits per heavy atom. The van der Waals surface area contributed by atoms with Gasteiger partial charge in [-0.25, -0.2) is 0 Å². The molecule has 8 heteroatoms. The Balaban J connectivity index is 1.95. The first-order chi connectivity index (χ1) is 9.93. The molecule has 0 saturated carbocycles. The minimum absolute atomic E-state index is 0.371. The van der Waals surface area contributed by atoms with Crippen LogP contribution < -0.4 is 0 Å². The molecule has 1 unspecified atom stereocenters. The molecule has 0 aromatic heterocycles. The Morgan fingerprint density at radius 1 is 0.905 bits per heavy atom. The Labute approximate surface area is 126 Å². The van der Waals surface area contributed by atoms with Crippen LogP contribution in [0.25, 0.3) is 0 Å². The minimum atomic E-state index is -3.39. The van der Waals surface area contributed by atoms with Crippen LogP contribution in [0, 0.1) is 0 Å². The van der Waals surface area contributed by atoms with Crippen molar-refractivity contribution in [1.82, 2.24) is 13.5 Å². The summed E-state index contributed by atoms with van der Waals surface area (Å²) < 4.78 is 28.3. The van der Waals surface area contributed by atoms with Gasteiger partial charge in [-0.2, -0.15) is 17.0 Å². The predicted octanol–water partition coefficient (Wildman–Crippen LogP) is 0.198. The first-order valence-electron chi connectivity index (χ1n) is 7.65. The molecule has 0 aliphatic carbocycles. The lowest BCUT2D eigenvalue weighted by molar-refractivity contribution is -0.143. The van der Waals surface area contributed by atoms with E-state index in [0.29, 0.717) is 39.3 Å². The highest BCUT2D eigenvalue weighted by Crippen LogP contribution is 2.18. The van der Waals surface area contributed by atoms with Gasteiger partial charge in [0.05, 0.1) is 0 Å². The fourth-order valence-corrected chi connectivity index (χ4v) is 4.58. The second kappa shape index (κ2) is 7.04. The van der Waals surface area contributed by atoms with Crippen molar-refractivity contribution in [3.63, 3.8) is 0 Å². The summed E-state index contributed by atoms with van der Waals surface area (Å²) in [6.07, 6.45) is 4.04. The van der Waals surface area contributed by atoms with E-state index in [1.807, 2.05) is 4.90 Å². The zero-order valence-electron chi connectivity index (χ0n) is 12.6. The first-order valence-corrected chi connectivity index (χ1v) is 9.04. The molecule has 2 heterocycles. The van der Waals surface area contributed by atoms with E-state index in [9.17, 15) is 13.2 Å². The van der Waals surface area contributed by atoms with E-state index in [4.69, 9.17) is 5.11 Å². The highest BCUT2D eigenvalue weighted by molar-refractivity contribution is 7.86. The summed E-state index contributed by atoms with van der Waals surface area (Å²) in [6.45, 7) is 4.54. The van der Waals surface area contributed by atoms with Crippen molar-refractivity contribution in [3.05, 3.63) is 0 Å². The second-order valence-corrected chi connectivity index (χ2v) is 7.70. The van der Waals surface area contributed by atoms with E-state index in [1.54, 1.807) is 11.2 Å². The summed E-state index contributed by atoms with van der Waals surface area (Å²) >= 11 is 0. The van der Waals surface area contributed by atoms with Crippen LogP contribution in [0.3, 0.4) is 0 Å². The third-order valence-electron chi connectivity index (χ3n) is 4.40. The number of aliphatic carboxylic acids is 1. The van der Waals surface area contributed by atoms with Crippen LogP contribution in [-0.4, -0.2) is 78.3 Å². The third kappa shape index (κ3) is 3.94. The maximum atomic E-state index is 12.6. The number of piperazine rings is 1. The maximum Gasteiger partial charge on any atom is 0.320 e. The number of carbonyl (C=O) groups is 1. The molecule has 0 bridgehead atoms. The summed E-state index contributed by atoms with van der Waals surface area (Å²) in [6, 6.07) is -0.562. The Hall–Kier alpha value is -0.700. The summed E-state index contributed by atoms with van der Waals surface area (Å²) in [7, 11) is -3.39. The highest BCUT2D eigenvalue weighted by atomic mass is 32.2. The Morgan fingerprint density at radius 3 is 1.86 bits per heavy atom. The van der Waals surface area contributed by atoms with Crippen molar-refractivity contribution in [2.24, 2.45) is 0 Å². The molecule has 21 heavy (non-hydrogen) atoms. The summed E-state index contributed by atoms with van der Waals surface area (Å²) in [5.41, 5.74) is 0. The number of hydrogen-bond acceptors (Lipinski definition) is 4. The Bertz CT molecular complexity index is 452. The molecule has 0 amide bonds. The van der Waals surface area contributed by atoms with Crippen molar-refractivity contribution in [2.45, 2.75) is 38.6 Å². The minimum Gasteiger partial charge on any atom is -0.480 e. The van der Waals surface area contributed by atoms with Crippen LogP contribution in [0.15, 0.2) is 0 Å². The lowest BCUT2D eigenvalue weighted by Gasteiger charge is -2.37. The van der Waals surface area contributed by atoms with Crippen LogP contribution >= 0.6 is 0 Å². The fraction of sp³-hybridized carbons (Fsp3) is 0.923. The quantitative estimate of drug-likeness (QED) is 0.800. The van der Waals surface area contributed by atoms with E-state index in [1.165, 1.54) is 4.31 Å². The molecule has 2 rings (SSSR count). The molecule has 1 atom stereocenters. The van der Waals surface area contributed by atoms with E-state index in [2.05, 4.69) is 0 Å². The summed E-state index contributed by atoms with van der Waals surface area (Å²) in [5, 5.41) is 9.01. The van der Waals surface area contributed by atoms with Crippen LogP contribution in [0.1, 0.15) is 32.6 Å². The standard InChI is InChI=1S/C13H25N3O4S/c1-12(13(17)18)14-8-10-16(11-9-14)21(19,20)15-6-4-2-3-5-7-15/h12H,2-11H2,1H3,(H,17,18). The summed E-state index contributed by atoms with van der Waals surface area (Å²) in [4.78, 5) is 12.8. The molecule has 1 N–H and O–H groups in total. The van der Waals surface area contributed by atoms with Crippen LogP contribution in [0.4, 0.5) is 0 Å². The SMILES string of the molecule is CC(C(=O)O)N1CCN(S(=O)(=O)N2CCCCCC2)CC1. The van der Waals surface area contributed by atoms with E-state index in [-0.39, 0.29) is 0 Å². The van der Waals surface area contributed by atoms with E-state index in [0.717, 1.165) is 25.7 Å². The number of rotatable bonds is 4. The summed E-state index contributed by atoms with van der Waals surface area (Å²) in [5.74, 6) is -0.862. The lowest BCUT2D eigenvalue weighted by atomic mass is 10.2. The van der Waals surface area contributed by atoms with Gasteiger partial charge in [-0.1, -0.05) is 12.8 Å². The van der Waals surface area contributed by atoms with Gasteiger partial charge in [0.2, 0.25) is 0 Å². The molecular formula is C13H25N3O4S. The topological polar surface area (TPSA) is 81.2 Å². The zero-order chi connectivity index (χ0) is 15.5.